The van der Waals surface area contributed by atoms with E-state index in [4.69, 9.17) is 0 Å². The minimum atomic E-state index is -0.624. The molecule has 0 aromatic heterocycles. The summed E-state index contributed by atoms with van der Waals surface area (Å²) in [5.41, 5.74) is 4.48. The molecule has 6 N–H and O–H groups in total. The fourth-order valence-corrected chi connectivity index (χ4v) is 0.376. The third kappa shape index (κ3) is 6.23. The van der Waals surface area contributed by atoms with E-state index in [0.29, 0.717) is 0 Å². The Kier molecular flexibility index (Phi) is 12.3. The van der Waals surface area contributed by atoms with Gasteiger partial charge in [-0.05, 0) is 0 Å². The number of nitrogens with one attached hydrogen (secondary N) is 2. The molecule has 0 atom stereocenters. The third-order valence-electron chi connectivity index (χ3n) is 0.661. The fourth-order valence-electron chi connectivity index (χ4n) is 0.376. The van der Waals surface area contributed by atoms with Crippen molar-refractivity contribution >= 4 is 11.9 Å². The molecule has 1 heterocycles. The number of carbonyl (C=O) groups excluding carboxylic acids is 2. The molecule has 11 heavy (non-hydrogen) atoms. The van der Waals surface area contributed by atoms with Crippen LogP contribution < -0.4 is 40.4 Å². The zero-order valence-electron chi connectivity index (χ0n) is 5.97. The minimum Gasteiger partial charge on any atom is -0.412 e. The van der Waals surface area contributed by atoms with Crippen LogP contribution >= 0.6 is 0 Å². The molecule has 0 aromatic rings. The Morgan fingerprint density at radius 3 is 2.09 bits per heavy atom. The summed E-state index contributed by atoms with van der Waals surface area (Å²) in [6.07, 6.45) is 0. The molecule has 0 radical (unpaired) electrons. The maximum atomic E-state index is 10.2. The van der Waals surface area contributed by atoms with Gasteiger partial charge >= 0.3 is 29.6 Å². The molecule has 1 rings (SSSR count). The van der Waals surface area contributed by atoms with Crippen LogP contribution in [0.1, 0.15) is 0 Å². The number of carbonyl (C=O) groups is 2. The van der Waals surface area contributed by atoms with E-state index in [9.17, 15) is 9.59 Å². The molecule has 3 amide bonds. The fraction of sp³-hybridized carbons (Fsp3) is 0.333. The van der Waals surface area contributed by atoms with Crippen molar-refractivity contribution in [3.8, 4) is 0 Å². The van der Waals surface area contributed by atoms with Gasteiger partial charge in [0.05, 0.1) is 6.54 Å². The van der Waals surface area contributed by atoms with Crippen molar-refractivity contribution in [2.45, 2.75) is 0 Å². The molecule has 1 saturated heterocycles. The molecule has 8 heteroatoms. The van der Waals surface area contributed by atoms with Crippen molar-refractivity contribution in [2.24, 2.45) is 0 Å². The number of hydrogen-bond donors (Lipinski definition) is 2. The average molecular weight is 173 g/mol. The first-order valence-corrected chi connectivity index (χ1v) is 2.06. The second-order valence-corrected chi connectivity index (χ2v) is 1.29. The summed E-state index contributed by atoms with van der Waals surface area (Å²) in [6.45, 7) is 0.0890. The topological polar surface area (TPSA) is 135 Å². The van der Waals surface area contributed by atoms with Gasteiger partial charge in [0, 0.05) is 0 Å². The first-order chi connectivity index (χ1) is 3.79. The number of urea groups is 1. The summed E-state index contributed by atoms with van der Waals surface area (Å²) in [5.74, 6) is -0.436. The van der Waals surface area contributed by atoms with Gasteiger partial charge in [-0.15, -0.1) is 0 Å². The van der Waals surface area contributed by atoms with Crippen molar-refractivity contribution in [3.05, 3.63) is 5.32 Å². The molecule has 0 bridgehead atoms. The SMILES string of the molecule is O.O.O=C1CNNC(=O)[N-]1.[Na+]. The number of hydrogen-bond acceptors (Lipinski definition) is 3. The van der Waals surface area contributed by atoms with E-state index < -0.39 is 11.9 Å². The van der Waals surface area contributed by atoms with Crippen molar-refractivity contribution in [3.63, 3.8) is 0 Å². The molecule has 0 unspecified atom stereocenters. The van der Waals surface area contributed by atoms with Crippen LogP contribution in [0.5, 0.6) is 0 Å². The summed E-state index contributed by atoms with van der Waals surface area (Å²) in [5, 5.41) is 3.03. The second kappa shape index (κ2) is 7.92. The second-order valence-electron chi connectivity index (χ2n) is 1.29. The van der Waals surface area contributed by atoms with Crippen LogP contribution in [0.15, 0.2) is 0 Å². The Bertz CT molecular complexity index is 127. The van der Waals surface area contributed by atoms with Crippen molar-refractivity contribution < 1.29 is 50.1 Å². The van der Waals surface area contributed by atoms with E-state index in [0.717, 1.165) is 0 Å². The molecule has 1 fully saturated rings. The summed E-state index contributed by atoms with van der Waals surface area (Å²) in [7, 11) is 0. The van der Waals surface area contributed by atoms with Gasteiger partial charge < -0.3 is 21.7 Å². The zero-order valence-corrected chi connectivity index (χ0v) is 7.97. The number of amides is 3. The maximum absolute atomic E-state index is 10.2. The Morgan fingerprint density at radius 1 is 1.27 bits per heavy atom. The standard InChI is InChI=1S/C3H5N3O2.Na.2H2O/c7-2-1-4-6-3(8)5-2;;;/h4H,1H2,(H2,5,6,7,8);;2*1H2/q;+1;;/p-1. The molecular weight excluding hydrogens is 165 g/mol. The number of imide groups is 1. The van der Waals surface area contributed by atoms with Crippen molar-refractivity contribution in [1.29, 1.82) is 0 Å². The molecule has 0 aliphatic carbocycles. The smallest absolute Gasteiger partial charge is 0.412 e. The Balaban J connectivity index is -0.000000213. The van der Waals surface area contributed by atoms with E-state index in [1.807, 2.05) is 0 Å². The van der Waals surface area contributed by atoms with E-state index in [2.05, 4.69) is 16.2 Å². The predicted octanol–water partition coefficient (Wildman–Crippen LogP) is -5.53. The first-order valence-electron chi connectivity index (χ1n) is 2.06. The Morgan fingerprint density at radius 2 is 1.82 bits per heavy atom. The predicted molar refractivity (Wildman–Crippen MR) is 32.1 cm³/mol. The van der Waals surface area contributed by atoms with Gasteiger partial charge in [0.1, 0.15) is 0 Å². The molecule has 0 aromatic carbocycles. The van der Waals surface area contributed by atoms with Gasteiger partial charge in [0.2, 0.25) is 0 Å². The average Bonchev–Trinajstić information content (AvgIpc) is 1.64. The van der Waals surface area contributed by atoms with Crippen LogP contribution in [0, 0.1) is 0 Å². The van der Waals surface area contributed by atoms with Gasteiger partial charge in [0.25, 0.3) is 0 Å². The minimum absolute atomic E-state index is 0. The van der Waals surface area contributed by atoms with E-state index in [-0.39, 0.29) is 47.1 Å². The van der Waals surface area contributed by atoms with Crippen molar-refractivity contribution in [1.82, 2.24) is 10.9 Å². The molecule has 60 valence electrons. The molecule has 1 aliphatic heterocycles. The summed E-state index contributed by atoms with van der Waals surface area (Å²) in [6, 6.07) is -0.624. The monoisotopic (exact) mass is 173 g/mol. The molecule has 0 spiro atoms. The van der Waals surface area contributed by atoms with Gasteiger partial charge in [-0.2, -0.15) is 0 Å². The quantitative estimate of drug-likeness (QED) is 0.353. The van der Waals surface area contributed by atoms with Crippen LogP contribution in [0.3, 0.4) is 0 Å². The molecule has 0 saturated carbocycles. The third-order valence-corrected chi connectivity index (χ3v) is 0.661. The van der Waals surface area contributed by atoms with Crippen LogP contribution in [0.2, 0.25) is 0 Å². The number of nitrogens with zero attached hydrogens (tertiary/aromatic N) is 1. The van der Waals surface area contributed by atoms with E-state index in [1.54, 1.807) is 0 Å². The van der Waals surface area contributed by atoms with Crippen LogP contribution in [0.25, 0.3) is 5.32 Å². The van der Waals surface area contributed by atoms with Crippen molar-refractivity contribution in [2.75, 3.05) is 6.54 Å². The first kappa shape index (κ1) is 17.1. The summed E-state index contributed by atoms with van der Waals surface area (Å²) >= 11 is 0. The number of rotatable bonds is 0. The van der Waals surface area contributed by atoms with Crippen LogP contribution in [-0.2, 0) is 4.79 Å². The van der Waals surface area contributed by atoms with E-state index in [1.165, 1.54) is 0 Å². The summed E-state index contributed by atoms with van der Waals surface area (Å²) in [4.78, 5) is 20.3. The van der Waals surface area contributed by atoms with Gasteiger partial charge in [0.15, 0.2) is 11.9 Å². The van der Waals surface area contributed by atoms with Crippen LogP contribution in [-0.4, -0.2) is 29.4 Å². The van der Waals surface area contributed by atoms with E-state index >= 15 is 0 Å². The molecule has 1 aliphatic rings. The molecular formula is C3H8N3NaO4. The van der Waals surface area contributed by atoms with Gasteiger partial charge in [-0.25, -0.2) is 0 Å². The Hall–Kier alpha value is -0.180. The molecule has 7 nitrogen and oxygen atoms in total. The maximum Gasteiger partial charge on any atom is 1.00 e. The van der Waals surface area contributed by atoms with Gasteiger partial charge in [-0.1, -0.05) is 0 Å². The largest absolute Gasteiger partial charge is 1.00 e. The Labute approximate surface area is 84.8 Å². The number of hydrazine groups is 1. The zero-order chi connectivity index (χ0) is 5.98. The summed E-state index contributed by atoms with van der Waals surface area (Å²) < 4.78 is 0. The normalized spacial score (nSPS) is 14.2. The van der Waals surface area contributed by atoms with Crippen LogP contribution in [0.4, 0.5) is 4.79 Å². The van der Waals surface area contributed by atoms with Gasteiger partial charge in [-0.3, -0.25) is 15.0 Å².